The minimum Gasteiger partial charge on any atom is -0.472 e. The maximum atomic E-state index is 5.29. The molecule has 0 fully saturated rings. The Hall–Kier alpha value is -0.980. The first-order chi connectivity index (χ1) is 5.90. The molecule has 0 saturated carbocycles. The van der Waals surface area contributed by atoms with Crippen molar-refractivity contribution in [1.29, 1.82) is 0 Å². The van der Waals surface area contributed by atoms with Crippen molar-refractivity contribution in [3.05, 3.63) is 24.8 Å². The Balaban J connectivity index is 2.35. The van der Waals surface area contributed by atoms with E-state index in [9.17, 15) is 0 Å². The van der Waals surface area contributed by atoms with Crippen molar-refractivity contribution in [1.82, 2.24) is 4.98 Å². The molecule has 2 aromatic heterocycles. The van der Waals surface area contributed by atoms with E-state index >= 15 is 0 Å². The molecule has 0 aliphatic carbocycles. The van der Waals surface area contributed by atoms with E-state index in [0.717, 1.165) is 5.56 Å². The second-order valence-electron chi connectivity index (χ2n) is 2.14. The van der Waals surface area contributed by atoms with Gasteiger partial charge in [0.05, 0.1) is 40.9 Å². The fraction of sp³-hybridized carbons (Fsp3) is 0. The number of anilines is 1. The van der Waals surface area contributed by atoms with Crippen LogP contribution in [0.2, 0.25) is 0 Å². The van der Waals surface area contributed by atoms with E-state index in [-0.39, 0.29) is 0 Å². The lowest BCUT2D eigenvalue weighted by Gasteiger charge is -1.87. The maximum absolute atomic E-state index is 5.29. The Morgan fingerprint density at radius 3 is 3.00 bits per heavy atom. The summed E-state index contributed by atoms with van der Waals surface area (Å²) >= 11 is 1.95. The van der Waals surface area contributed by atoms with Gasteiger partial charge in [-0.2, -0.15) is 0 Å². The minimum absolute atomic E-state index is 0.492. The fourth-order valence-electron chi connectivity index (χ4n) is 0.856. The first kappa shape index (κ1) is 7.66. The number of nitrogens with one attached hydrogen (secondary N) is 1. The highest BCUT2D eigenvalue weighted by Crippen LogP contribution is 2.22. The third-order valence-corrected chi connectivity index (χ3v) is 1.85. The van der Waals surface area contributed by atoms with E-state index in [0.29, 0.717) is 11.8 Å². The topological polar surface area (TPSA) is 51.2 Å². The number of nitrogens with zero attached hydrogens (tertiary/aromatic N) is 1. The zero-order valence-electron chi connectivity index (χ0n) is 5.95. The summed E-state index contributed by atoms with van der Waals surface area (Å²) in [6, 6.07) is 2.31. The number of halogens is 1. The number of furan rings is 1. The van der Waals surface area contributed by atoms with Crippen molar-refractivity contribution < 1.29 is 8.83 Å². The van der Waals surface area contributed by atoms with Gasteiger partial charge in [0.1, 0.15) is 6.26 Å². The highest BCUT2D eigenvalue weighted by molar-refractivity contribution is 14.1. The first-order valence-electron chi connectivity index (χ1n) is 3.25. The third-order valence-electron chi connectivity index (χ3n) is 1.39. The molecule has 0 aliphatic heterocycles. The summed E-state index contributed by atoms with van der Waals surface area (Å²) in [5.41, 5.74) is 0.889. The van der Waals surface area contributed by atoms with E-state index < -0.39 is 0 Å². The summed E-state index contributed by atoms with van der Waals surface area (Å²) in [4.78, 5) is 3.96. The molecule has 62 valence electrons. The molecule has 0 radical (unpaired) electrons. The quantitative estimate of drug-likeness (QED) is 0.676. The van der Waals surface area contributed by atoms with Crippen LogP contribution in [0.3, 0.4) is 0 Å². The number of hydrogen-bond donors (Lipinski definition) is 1. The molecule has 1 N–H and O–H groups in total. The van der Waals surface area contributed by atoms with Gasteiger partial charge >= 0.3 is 6.01 Å². The molecule has 2 heterocycles. The molecule has 0 atom stereocenters. The van der Waals surface area contributed by atoms with E-state index in [2.05, 4.69) is 8.51 Å². The summed E-state index contributed by atoms with van der Waals surface area (Å²) in [6.07, 6.45) is 4.85. The van der Waals surface area contributed by atoms with Gasteiger partial charge < -0.3 is 8.83 Å². The average molecular weight is 276 g/mol. The zero-order valence-corrected chi connectivity index (χ0v) is 8.11. The summed E-state index contributed by atoms with van der Waals surface area (Å²) in [6.45, 7) is 0. The van der Waals surface area contributed by atoms with Gasteiger partial charge in [-0.25, -0.2) is 4.98 Å². The lowest BCUT2D eigenvalue weighted by atomic mass is 10.3. The van der Waals surface area contributed by atoms with E-state index in [4.69, 9.17) is 8.83 Å². The van der Waals surface area contributed by atoms with Crippen LogP contribution in [0, 0.1) is 0 Å². The molecule has 0 aromatic carbocycles. The Labute approximate surface area is 82.5 Å². The summed E-state index contributed by atoms with van der Waals surface area (Å²) in [7, 11) is 0. The number of rotatable bonds is 2. The van der Waals surface area contributed by atoms with Gasteiger partial charge in [0.25, 0.3) is 0 Å². The Bertz CT molecular complexity index is 355. The molecular weight excluding hydrogens is 271 g/mol. The molecule has 0 spiro atoms. The van der Waals surface area contributed by atoms with Gasteiger partial charge in [0.2, 0.25) is 0 Å². The van der Waals surface area contributed by atoms with Crippen LogP contribution in [-0.4, -0.2) is 4.98 Å². The minimum atomic E-state index is 0.492. The fourth-order valence-corrected chi connectivity index (χ4v) is 1.11. The summed E-state index contributed by atoms with van der Waals surface area (Å²) in [5.74, 6) is 0.697. The van der Waals surface area contributed by atoms with Crippen LogP contribution in [-0.2, 0) is 0 Å². The molecule has 12 heavy (non-hydrogen) atoms. The summed E-state index contributed by atoms with van der Waals surface area (Å²) in [5, 5.41) is 0. The Morgan fingerprint density at radius 2 is 2.42 bits per heavy atom. The highest BCUT2D eigenvalue weighted by Gasteiger charge is 2.05. The van der Waals surface area contributed by atoms with Crippen LogP contribution in [0.15, 0.2) is 33.6 Å². The molecule has 4 nitrogen and oxygen atoms in total. The molecule has 0 aliphatic rings. The standard InChI is InChI=1S/C7H5IN2O2/c8-10-7-9-3-6(12-7)5-1-2-11-4-5/h1-4H,(H,9,10). The van der Waals surface area contributed by atoms with Crippen molar-refractivity contribution in [2.75, 3.05) is 3.53 Å². The monoisotopic (exact) mass is 276 g/mol. The van der Waals surface area contributed by atoms with Gasteiger partial charge in [-0.05, 0) is 6.07 Å². The maximum Gasteiger partial charge on any atom is 0.304 e. The van der Waals surface area contributed by atoms with Gasteiger partial charge in [-0.15, -0.1) is 0 Å². The zero-order chi connectivity index (χ0) is 8.39. The van der Waals surface area contributed by atoms with Crippen molar-refractivity contribution in [3.8, 4) is 11.3 Å². The number of oxazole rings is 1. The molecule has 0 saturated heterocycles. The molecule has 2 rings (SSSR count). The highest BCUT2D eigenvalue weighted by atomic mass is 127. The summed E-state index contributed by atoms with van der Waals surface area (Å²) < 4.78 is 13.0. The Kier molecular flexibility index (Phi) is 2.03. The lowest BCUT2D eigenvalue weighted by molar-refractivity contribution is 0.563. The van der Waals surface area contributed by atoms with Gasteiger partial charge in [0.15, 0.2) is 5.76 Å². The normalized spacial score (nSPS) is 10.1. The lowest BCUT2D eigenvalue weighted by Crippen LogP contribution is -1.73. The van der Waals surface area contributed by atoms with Crippen LogP contribution in [0.5, 0.6) is 0 Å². The van der Waals surface area contributed by atoms with Crippen LogP contribution in [0.4, 0.5) is 6.01 Å². The van der Waals surface area contributed by atoms with Crippen molar-refractivity contribution >= 4 is 28.9 Å². The van der Waals surface area contributed by atoms with E-state index in [1.165, 1.54) is 0 Å². The predicted octanol–water partition coefficient (Wildman–Crippen LogP) is 2.70. The molecule has 0 unspecified atom stereocenters. The van der Waals surface area contributed by atoms with Crippen molar-refractivity contribution in [2.45, 2.75) is 0 Å². The number of hydrogen-bond acceptors (Lipinski definition) is 4. The second kappa shape index (κ2) is 3.18. The van der Waals surface area contributed by atoms with Crippen LogP contribution < -0.4 is 3.53 Å². The smallest absolute Gasteiger partial charge is 0.304 e. The molecular formula is C7H5IN2O2. The average Bonchev–Trinajstić information content (AvgIpc) is 2.75. The second-order valence-corrected chi connectivity index (χ2v) is 2.68. The molecule has 0 bridgehead atoms. The largest absolute Gasteiger partial charge is 0.472 e. The Morgan fingerprint density at radius 1 is 1.50 bits per heavy atom. The third kappa shape index (κ3) is 1.31. The van der Waals surface area contributed by atoms with E-state index in [1.54, 1.807) is 18.7 Å². The number of aromatic nitrogens is 1. The van der Waals surface area contributed by atoms with Crippen LogP contribution in [0.1, 0.15) is 0 Å². The SMILES string of the molecule is INc1ncc(-c2ccoc2)o1. The molecule has 5 heteroatoms. The van der Waals surface area contributed by atoms with Crippen molar-refractivity contribution in [2.24, 2.45) is 0 Å². The van der Waals surface area contributed by atoms with Crippen molar-refractivity contribution in [3.63, 3.8) is 0 Å². The van der Waals surface area contributed by atoms with Gasteiger partial charge in [0, 0.05) is 0 Å². The van der Waals surface area contributed by atoms with Crippen LogP contribution >= 0.6 is 22.9 Å². The van der Waals surface area contributed by atoms with Crippen LogP contribution in [0.25, 0.3) is 11.3 Å². The van der Waals surface area contributed by atoms with Gasteiger partial charge in [-0.3, -0.25) is 3.53 Å². The molecule has 0 amide bonds. The predicted molar refractivity (Wildman–Crippen MR) is 51.8 cm³/mol. The molecule has 2 aromatic rings. The van der Waals surface area contributed by atoms with Gasteiger partial charge in [-0.1, -0.05) is 0 Å². The van der Waals surface area contributed by atoms with E-state index in [1.807, 2.05) is 28.9 Å². The first-order valence-corrected chi connectivity index (χ1v) is 4.33.